The Kier molecular flexibility index (Phi) is 14.8. The zero-order valence-corrected chi connectivity index (χ0v) is 16.3. The Balaban J connectivity index is 3.44. The molecule has 142 valence electrons. The van der Waals surface area contributed by atoms with Gasteiger partial charge in [-0.05, 0) is 31.6 Å². The molecular formula is C20H38O4. The van der Waals surface area contributed by atoms with Gasteiger partial charge in [-0.3, -0.25) is 9.59 Å². The van der Waals surface area contributed by atoms with Crippen LogP contribution in [-0.4, -0.2) is 24.6 Å². The second-order valence-corrected chi connectivity index (χ2v) is 6.88. The van der Waals surface area contributed by atoms with E-state index in [4.69, 9.17) is 9.47 Å². The van der Waals surface area contributed by atoms with Gasteiger partial charge in [-0.15, -0.1) is 0 Å². The van der Waals surface area contributed by atoms with Crippen LogP contribution in [-0.2, 0) is 19.1 Å². The first-order chi connectivity index (χ1) is 11.5. The van der Waals surface area contributed by atoms with Crippen LogP contribution in [0, 0.1) is 5.92 Å². The fourth-order valence-electron chi connectivity index (χ4n) is 2.57. The number of carbonyl (C=O) groups is 2. The van der Waals surface area contributed by atoms with Gasteiger partial charge in [0.1, 0.15) is 6.10 Å². The number of esters is 2. The number of hydrogen-bond donors (Lipinski definition) is 0. The minimum atomic E-state index is -0.0678. The largest absolute Gasteiger partial charge is 0.466 e. The third-order valence-electron chi connectivity index (χ3n) is 4.20. The van der Waals surface area contributed by atoms with Gasteiger partial charge in [0.2, 0.25) is 0 Å². The van der Waals surface area contributed by atoms with Crippen LogP contribution in [0.25, 0.3) is 0 Å². The lowest BCUT2D eigenvalue weighted by atomic mass is 10.1. The molecular weight excluding hydrogens is 304 g/mol. The van der Waals surface area contributed by atoms with Crippen LogP contribution in [0.4, 0.5) is 0 Å². The molecule has 0 aromatic heterocycles. The van der Waals surface area contributed by atoms with Crippen molar-refractivity contribution in [2.24, 2.45) is 5.92 Å². The minimum Gasteiger partial charge on any atom is -0.466 e. The topological polar surface area (TPSA) is 52.6 Å². The number of hydrogen-bond acceptors (Lipinski definition) is 4. The molecule has 24 heavy (non-hydrogen) atoms. The van der Waals surface area contributed by atoms with Gasteiger partial charge in [0, 0.05) is 12.8 Å². The maximum atomic E-state index is 11.8. The van der Waals surface area contributed by atoms with E-state index in [9.17, 15) is 9.59 Å². The van der Waals surface area contributed by atoms with E-state index in [1.807, 2.05) is 0 Å². The van der Waals surface area contributed by atoms with Crippen molar-refractivity contribution >= 4 is 11.9 Å². The summed E-state index contributed by atoms with van der Waals surface area (Å²) >= 11 is 0. The van der Waals surface area contributed by atoms with Crippen LogP contribution in [0.1, 0.15) is 98.3 Å². The van der Waals surface area contributed by atoms with E-state index in [0.29, 0.717) is 25.4 Å². The zero-order chi connectivity index (χ0) is 18.2. The highest BCUT2D eigenvalue weighted by molar-refractivity contribution is 5.69. The SMILES string of the molecule is CCCCOC(=O)CCCCCCCCC(=O)OC(CC)C(C)C. The molecule has 0 aliphatic heterocycles. The molecule has 0 saturated carbocycles. The minimum absolute atomic E-state index is 0.0505. The highest BCUT2D eigenvalue weighted by Crippen LogP contribution is 2.13. The second kappa shape index (κ2) is 15.5. The molecule has 0 aliphatic carbocycles. The highest BCUT2D eigenvalue weighted by atomic mass is 16.5. The Morgan fingerprint density at radius 3 is 1.83 bits per heavy atom. The van der Waals surface area contributed by atoms with Crippen molar-refractivity contribution in [1.29, 1.82) is 0 Å². The van der Waals surface area contributed by atoms with Crippen molar-refractivity contribution < 1.29 is 19.1 Å². The molecule has 0 aliphatic rings. The number of unbranched alkanes of at least 4 members (excludes halogenated alkanes) is 6. The highest BCUT2D eigenvalue weighted by Gasteiger charge is 2.15. The van der Waals surface area contributed by atoms with Crippen LogP contribution in [0.15, 0.2) is 0 Å². The molecule has 0 heterocycles. The van der Waals surface area contributed by atoms with Gasteiger partial charge < -0.3 is 9.47 Å². The van der Waals surface area contributed by atoms with Crippen LogP contribution in [0.3, 0.4) is 0 Å². The first kappa shape index (κ1) is 22.9. The quantitative estimate of drug-likeness (QED) is 0.294. The molecule has 0 N–H and O–H groups in total. The van der Waals surface area contributed by atoms with Crippen LogP contribution in [0.2, 0.25) is 0 Å². The predicted octanol–water partition coefficient (Wildman–Crippen LogP) is 5.43. The van der Waals surface area contributed by atoms with Gasteiger partial charge in [-0.2, -0.15) is 0 Å². The van der Waals surface area contributed by atoms with E-state index >= 15 is 0 Å². The summed E-state index contributed by atoms with van der Waals surface area (Å²) < 4.78 is 10.6. The summed E-state index contributed by atoms with van der Waals surface area (Å²) in [6.45, 7) is 8.86. The number of ether oxygens (including phenoxy) is 2. The Morgan fingerprint density at radius 2 is 1.33 bits per heavy atom. The molecule has 0 rings (SSSR count). The van der Waals surface area contributed by atoms with Crippen LogP contribution in [0.5, 0.6) is 0 Å². The molecule has 4 nitrogen and oxygen atoms in total. The van der Waals surface area contributed by atoms with Crippen molar-refractivity contribution in [3.63, 3.8) is 0 Å². The first-order valence-electron chi connectivity index (χ1n) is 9.86. The summed E-state index contributed by atoms with van der Waals surface area (Å²) in [5, 5.41) is 0. The predicted molar refractivity (Wildman–Crippen MR) is 97.8 cm³/mol. The van der Waals surface area contributed by atoms with Gasteiger partial charge in [0.05, 0.1) is 6.61 Å². The fourth-order valence-corrected chi connectivity index (χ4v) is 2.57. The van der Waals surface area contributed by atoms with E-state index in [-0.39, 0.29) is 18.0 Å². The standard InChI is InChI=1S/C20H38O4/c1-5-7-16-23-19(21)14-12-10-8-9-11-13-15-20(22)24-18(6-2)17(3)4/h17-18H,5-16H2,1-4H3. The third-order valence-corrected chi connectivity index (χ3v) is 4.20. The summed E-state index contributed by atoms with van der Waals surface area (Å²) in [4.78, 5) is 23.2. The van der Waals surface area contributed by atoms with Crippen LogP contribution >= 0.6 is 0 Å². The molecule has 0 fully saturated rings. The summed E-state index contributed by atoms with van der Waals surface area (Å²) in [5.74, 6) is 0.250. The Hall–Kier alpha value is -1.06. The lowest BCUT2D eigenvalue weighted by Gasteiger charge is -2.19. The first-order valence-corrected chi connectivity index (χ1v) is 9.86. The monoisotopic (exact) mass is 342 g/mol. The summed E-state index contributed by atoms with van der Waals surface area (Å²) in [6, 6.07) is 0. The Bertz CT molecular complexity index is 326. The second-order valence-electron chi connectivity index (χ2n) is 6.88. The van der Waals surface area contributed by atoms with Crippen molar-refractivity contribution in [1.82, 2.24) is 0 Å². The van der Waals surface area contributed by atoms with E-state index in [1.165, 1.54) is 0 Å². The smallest absolute Gasteiger partial charge is 0.306 e. The van der Waals surface area contributed by atoms with Gasteiger partial charge in [-0.25, -0.2) is 0 Å². The van der Waals surface area contributed by atoms with Gasteiger partial charge in [0.15, 0.2) is 0 Å². The van der Waals surface area contributed by atoms with Crippen molar-refractivity contribution in [3.05, 3.63) is 0 Å². The zero-order valence-electron chi connectivity index (χ0n) is 16.3. The van der Waals surface area contributed by atoms with Crippen molar-refractivity contribution in [3.8, 4) is 0 Å². The summed E-state index contributed by atoms with van der Waals surface area (Å²) in [7, 11) is 0. The Labute approximate surface area is 148 Å². The average molecular weight is 343 g/mol. The average Bonchev–Trinajstić information content (AvgIpc) is 2.55. The molecule has 1 atom stereocenters. The molecule has 1 unspecified atom stereocenters. The Morgan fingerprint density at radius 1 is 0.792 bits per heavy atom. The van der Waals surface area contributed by atoms with E-state index in [1.54, 1.807) is 0 Å². The summed E-state index contributed by atoms with van der Waals surface area (Å²) in [5.41, 5.74) is 0. The normalized spacial score (nSPS) is 12.2. The molecule has 0 bridgehead atoms. The van der Waals surface area contributed by atoms with Gasteiger partial charge in [0.25, 0.3) is 0 Å². The molecule has 0 aromatic rings. The fraction of sp³-hybridized carbons (Fsp3) is 0.900. The van der Waals surface area contributed by atoms with E-state index in [2.05, 4.69) is 27.7 Å². The molecule has 0 spiro atoms. The van der Waals surface area contributed by atoms with E-state index < -0.39 is 0 Å². The van der Waals surface area contributed by atoms with Gasteiger partial charge >= 0.3 is 11.9 Å². The van der Waals surface area contributed by atoms with Crippen molar-refractivity contribution in [2.75, 3.05) is 6.61 Å². The maximum Gasteiger partial charge on any atom is 0.306 e. The lowest BCUT2D eigenvalue weighted by molar-refractivity contribution is -0.151. The van der Waals surface area contributed by atoms with Crippen LogP contribution < -0.4 is 0 Å². The molecule has 0 aromatic carbocycles. The van der Waals surface area contributed by atoms with E-state index in [0.717, 1.165) is 57.8 Å². The molecule has 0 saturated heterocycles. The summed E-state index contributed by atoms with van der Waals surface area (Å²) in [6.07, 6.45) is 10.1. The third kappa shape index (κ3) is 13.4. The van der Waals surface area contributed by atoms with Gasteiger partial charge in [-0.1, -0.05) is 59.8 Å². The number of rotatable bonds is 15. The molecule has 0 amide bonds. The van der Waals surface area contributed by atoms with Crippen molar-refractivity contribution in [2.45, 2.75) is 104 Å². The lowest BCUT2D eigenvalue weighted by Crippen LogP contribution is -2.22. The number of carbonyl (C=O) groups excluding carboxylic acids is 2. The molecule has 0 radical (unpaired) electrons. The maximum absolute atomic E-state index is 11.8. The molecule has 4 heteroatoms.